The van der Waals surface area contributed by atoms with E-state index in [2.05, 4.69) is 190 Å². The molecule has 0 amide bonds. The van der Waals surface area contributed by atoms with Crippen molar-refractivity contribution in [3.05, 3.63) is 144 Å². The number of aliphatic hydroxyl groups excluding tert-OH is 3. The number of halogens is 1. The fourth-order valence-corrected chi connectivity index (χ4v) is 38.1. The van der Waals surface area contributed by atoms with Crippen molar-refractivity contribution in [1.29, 1.82) is 0 Å². The SMILES string of the molecule is CC[C@]1(O)CC[C@@]2(C)[C@@H](CC[C@@H]3[C@@H]2CC[C@]2(C)[C@@H]([C@H](C)C=O)CC[C@@H]32)C1.CC[C@]1(O)CC[C@@]2(C)[C@@H](CC[C@@H]3[C@@H]2CC[C@]2(C)[C@@H]([C@H](C)[C@@H](O)c4ccccc4)CC[C@@H]32)C1.CC[C@]1(O)CC[C@@]2(C)[C@@H](CC[C@@H]3[C@@H]2CC[C@]2(C)[C@@H]([C@H](C)[C@@H](O)c4ccccc4)CC[C@@H]32)C1.CC[C@]1(O)CC[C@@]2(C)[C@@H](CC[C@@H]3[C@@H]2CC[C@]2(C)[C@@H]([C@H](C)[C@H](O)c4ccccc4)CC[C@@H]32)C1.[Br-].[Mg+2].[c-]1ccccc1. The van der Waals surface area contributed by atoms with Crippen molar-refractivity contribution in [2.75, 3.05) is 0 Å². The van der Waals surface area contributed by atoms with Gasteiger partial charge in [0.05, 0.1) is 40.7 Å². The number of benzene rings is 4. The molecule has 0 unspecified atom stereocenters. The molecule has 0 heterocycles. The smallest absolute Gasteiger partial charge is 1.00 e. The average molecular weight is 1860 g/mol. The van der Waals surface area contributed by atoms with E-state index in [0.29, 0.717) is 102 Å². The number of rotatable bonds is 15. The maximum atomic E-state index is 11.5. The van der Waals surface area contributed by atoms with E-state index in [0.717, 1.165) is 171 Å². The second-order valence-corrected chi connectivity index (χ2v) is 50.9. The third-order valence-corrected chi connectivity index (χ3v) is 46.5. The zero-order chi connectivity index (χ0) is 91.2. The second-order valence-electron chi connectivity index (χ2n) is 50.9. The Balaban J connectivity index is 0.000000136. The van der Waals surface area contributed by atoms with Crippen molar-refractivity contribution in [3.63, 3.8) is 0 Å². The maximum Gasteiger partial charge on any atom is 2.00 e. The third-order valence-electron chi connectivity index (χ3n) is 46.5. The van der Waals surface area contributed by atoms with Crippen molar-refractivity contribution in [2.45, 2.75) is 408 Å². The van der Waals surface area contributed by atoms with Gasteiger partial charge in [-0.1, -0.05) is 202 Å². The molecule has 39 atom stereocenters. The second kappa shape index (κ2) is 40.6. The van der Waals surface area contributed by atoms with Crippen LogP contribution in [0, 0.1) is 191 Å². The van der Waals surface area contributed by atoms with E-state index in [9.17, 15) is 40.5 Å². The Morgan fingerprint density at radius 1 is 0.300 bits per heavy atom. The Labute approximate surface area is 818 Å². The minimum atomic E-state index is -0.401. The van der Waals surface area contributed by atoms with Crippen molar-refractivity contribution in [2.24, 2.45) is 185 Å². The summed E-state index contributed by atoms with van der Waals surface area (Å²) in [4.78, 5) is 11.5. The van der Waals surface area contributed by atoms with Crippen molar-refractivity contribution < 1.29 is 57.5 Å². The number of aliphatic hydroxyl groups is 7. The largest absolute Gasteiger partial charge is 2.00 e. The topological polar surface area (TPSA) is 159 Å². The van der Waals surface area contributed by atoms with Gasteiger partial charge in [-0.3, -0.25) is 0 Å². The molecule has 0 saturated heterocycles. The molecule has 0 spiro atoms. The minimum Gasteiger partial charge on any atom is -1.00 e. The van der Waals surface area contributed by atoms with Crippen LogP contribution in [0.3, 0.4) is 0 Å². The summed E-state index contributed by atoms with van der Waals surface area (Å²) in [5.74, 6) is 16.6. The van der Waals surface area contributed by atoms with Crippen LogP contribution in [0.25, 0.3) is 0 Å². The first kappa shape index (κ1) is 103. The van der Waals surface area contributed by atoms with Crippen molar-refractivity contribution in [1.82, 2.24) is 0 Å². The predicted octanol–water partition coefficient (Wildman–Crippen LogP) is 25.2. The quantitative estimate of drug-likeness (QED) is 0.0352. The van der Waals surface area contributed by atoms with Crippen LogP contribution in [-0.2, 0) is 4.79 Å². The van der Waals surface area contributed by atoms with E-state index in [1.165, 1.54) is 186 Å². The van der Waals surface area contributed by atoms with E-state index >= 15 is 0 Å². The Morgan fingerprint density at radius 3 is 0.738 bits per heavy atom. The molecule has 7 N–H and O–H groups in total. The first-order valence-corrected chi connectivity index (χ1v) is 54.4. The van der Waals surface area contributed by atoms with E-state index in [1.807, 2.05) is 48.5 Å². The number of carbonyl (C=O) groups excluding carboxylic acids is 1. The standard InChI is InChI=1S/3C30H46O2.C24H40O2.C6H5.BrH.Mg/c3*1-5-30(32)18-17-28(3)22(19-30)11-12-23-25-14-13-24(29(25,4)16-15-26(23)28)20(2)27(31)21-9-7-6-8-10-21;1-5-24(26)13-12-22(3)17(14-24)6-7-18-20-9-8-19(16(2)15-25)23(20,4)11-10-21(18)22;1-2-4-6-5-3-1;;/h3*6-10,20,22-27,31-32H,5,11-19H2,1-4H3;15-21,26H,5-14H2,1-4H3;1-5H;1H;/q;;;;-1;;+2/p-1/t2*20-,22-,23-,24+,25-,26-,27+,28-,29+,30-;20-,22-,23-,24+,25-,26-,27-,28-,29+,30-;16-,17+,18+,19-,20+,21+,22+,23-,24+;;;/m0001.../s1. The first-order chi connectivity index (χ1) is 60.9. The Morgan fingerprint density at radius 2 is 0.523 bits per heavy atom. The molecule has 16 aliphatic rings. The summed E-state index contributed by atoms with van der Waals surface area (Å²) in [6.07, 6.45) is 48.9. The predicted molar refractivity (Wildman–Crippen MR) is 530 cm³/mol. The Hall–Kier alpha value is -2.48. The van der Waals surface area contributed by atoms with Crippen LogP contribution in [0.2, 0.25) is 0 Å². The molecule has 16 fully saturated rings. The van der Waals surface area contributed by atoms with Crippen LogP contribution in [0.5, 0.6) is 0 Å². The molecule has 0 aromatic heterocycles. The molecule has 16 saturated carbocycles. The molecule has 0 aliphatic heterocycles. The van der Waals surface area contributed by atoms with Gasteiger partial charge in [0.1, 0.15) is 6.29 Å². The Bertz CT molecular complexity index is 3920. The minimum absolute atomic E-state index is 0. The van der Waals surface area contributed by atoms with Gasteiger partial charge in [-0.15, -0.1) is 0 Å². The van der Waals surface area contributed by atoms with E-state index < -0.39 is 22.4 Å². The summed E-state index contributed by atoms with van der Waals surface area (Å²) in [7, 11) is 0. The average Bonchev–Trinajstić information content (AvgIpc) is 1.48. The van der Waals surface area contributed by atoms with Crippen LogP contribution in [0.4, 0.5) is 0 Å². The molecule has 16 aliphatic carbocycles. The molecule has 4 aromatic carbocycles. The number of aldehydes is 1. The van der Waals surface area contributed by atoms with Gasteiger partial charge >= 0.3 is 23.1 Å². The van der Waals surface area contributed by atoms with Gasteiger partial charge < -0.3 is 57.5 Å². The summed E-state index contributed by atoms with van der Waals surface area (Å²) in [6.45, 7) is 38.4. The van der Waals surface area contributed by atoms with E-state index in [1.54, 1.807) is 0 Å². The first-order valence-electron chi connectivity index (χ1n) is 54.4. The van der Waals surface area contributed by atoms with Crippen LogP contribution < -0.4 is 17.0 Å². The number of hydrogen-bond acceptors (Lipinski definition) is 8. The molecule has 10 heteroatoms. The summed E-state index contributed by atoms with van der Waals surface area (Å²) < 4.78 is 0. The molecular formula is C120H183BrMgO8. The molecule has 720 valence electrons. The van der Waals surface area contributed by atoms with Crippen LogP contribution >= 0.6 is 0 Å². The van der Waals surface area contributed by atoms with E-state index in [-0.39, 0.29) is 64.3 Å². The summed E-state index contributed by atoms with van der Waals surface area (Å²) in [6, 6.07) is 43.5. The number of carbonyl (C=O) groups is 1. The molecule has 130 heavy (non-hydrogen) atoms. The van der Waals surface area contributed by atoms with Gasteiger partial charge in [0.25, 0.3) is 0 Å². The summed E-state index contributed by atoms with van der Waals surface area (Å²) >= 11 is 0. The normalized spacial score (nSPS) is 46.6. The monoisotopic (exact) mass is 1860 g/mol. The Kier molecular flexibility index (Phi) is 32.3. The van der Waals surface area contributed by atoms with Gasteiger partial charge in [-0.25, -0.2) is 0 Å². The van der Waals surface area contributed by atoms with Crippen LogP contribution in [0.1, 0.15) is 403 Å². The van der Waals surface area contributed by atoms with Gasteiger partial charge in [-0.2, -0.15) is 36.4 Å². The van der Waals surface area contributed by atoms with Gasteiger partial charge in [0.2, 0.25) is 0 Å². The van der Waals surface area contributed by atoms with Crippen molar-refractivity contribution in [3.8, 4) is 0 Å². The van der Waals surface area contributed by atoms with E-state index in [4.69, 9.17) is 0 Å². The molecule has 8 nitrogen and oxygen atoms in total. The zero-order valence-electron chi connectivity index (χ0n) is 84.6. The summed E-state index contributed by atoms with van der Waals surface area (Å²) in [5, 5.41) is 77.7. The molecule has 0 bridgehead atoms. The van der Waals surface area contributed by atoms with Crippen LogP contribution in [0.15, 0.2) is 121 Å². The number of fused-ring (bicyclic) bond motifs is 20. The summed E-state index contributed by atoms with van der Waals surface area (Å²) in [5.41, 5.74) is 4.90. The maximum absolute atomic E-state index is 11.5. The van der Waals surface area contributed by atoms with Gasteiger partial charge in [-0.05, 0) is 453 Å². The van der Waals surface area contributed by atoms with Gasteiger partial charge in [0.15, 0.2) is 0 Å². The molecule has 4 aromatic rings. The molecule has 0 radical (unpaired) electrons. The van der Waals surface area contributed by atoms with Crippen LogP contribution in [-0.4, -0.2) is 87.5 Å². The molecular weight excluding hydrogens is 1670 g/mol. The fourth-order valence-electron chi connectivity index (χ4n) is 38.1. The van der Waals surface area contributed by atoms with Gasteiger partial charge in [0, 0.05) is 5.92 Å². The zero-order valence-corrected chi connectivity index (χ0v) is 87.6. The van der Waals surface area contributed by atoms with Crippen molar-refractivity contribution >= 4 is 29.3 Å². The number of hydrogen-bond donors (Lipinski definition) is 7. The fraction of sp³-hybridized carbons (Fsp3) is 0.792. The third kappa shape index (κ3) is 18.8. The molecule has 20 rings (SSSR count).